The monoisotopic (exact) mass is 335 g/mol. The molecule has 0 fully saturated rings. The molecule has 0 saturated heterocycles. The molecule has 2 rings (SSSR count). The van der Waals surface area contributed by atoms with E-state index in [-0.39, 0.29) is 23.6 Å². The number of anilines is 1. The summed E-state index contributed by atoms with van der Waals surface area (Å²) in [5, 5.41) is 2.41. The highest BCUT2D eigenvalue weighted by Gasteiger charge is 2.14. The molecule has 0 saturated carbocycles. The van der Waals surface area contributed by atoms with E-state index < -0.39 is 17.7 Å². The second-order valence-electron chi connectivity index (χ2n) is 5.23. The number of halogens is 2. The van der Waals surface area contributed by atoms with E-state index in [1.165, 1.54) is 31.4 Å². The molecule has 0 spiro atoms. The quantitative estimate of drug-likeness (QED) is 0.869. The number of hydrogen-bond donors (Lipinski definition) is 1. The van der Waals surface area contributed by atoms with Gasteiger partial charge < -0.3 is 9.47 Å². The van der Waals surface area contributed by atoms with E-state index in [0.717, 1.165) is 11.1 Å². The van der Waals surface area contributed by atoms with Crippen LogP contribution in [0, 0.1) is 18.6 Å². The van der Waals surface area contributed by atoms with Crippen LogP contribution in [-0.2, 0) is 17.8 Å². The summed E-state index contributed by atoms with van der Waals surface area (Å²) < 4.78 is 38.0. The lowest BCUT2D eigenvalue weighted by atomic mass is 10.1. The number of amides is 1. The Labute approximate surface area is 139 Å². The van der Waals surface area contributed by atoms with Crippen LogP contribution in [0.4, 0.5) is 19.3 Å². The third kappa shape index (κ3) is 4.01. The van der Waals surface area contributed by atoms with Crippen molar-refractivity contribution in [3.05, 3.63) is 58.7 Å². The molecular formula is C18H19F2NO3. The molecule has 6 heteroatoms. The van der Waals surface area contributed by atoms with Crippen LogP contribution in [0.25, 0.3) is 0 Å². The fourth-order valence-corrected chi connectivity index (χ4v) is 2.32. The number of benzene rings is 2. The van der Waals surface area contributed by atoms with Gasteiger partial charge in [0.2, 0.25) is 0 Å². The molecule has 4 nitrogen and oxygen atoms in total. The van der Waals surface area contributed by atoms with Gasteiger partial charge in [-0.2, -0.15) is 0 Å². The first kappa shape index (κ1) is 17.7. The molecule has 0 aliphatic heterocycles. The molecule has 2 aromatic rings. The van der Waals surface area contributed by atoms with Crippen molar-refractivity contribution in [1.29, 1.82) is 0 Å². The largest absolute Gasteiger partial charge is 0.486 e. The third-order valence-electron chi connectivity index (χ3n) is 3.68. The van der Waals surface area contributed by atoms with Gasteiger partial charge in [-0.15, -0.1) is 0 Å². The van der Waals surface area contributed by atoms with E-state index in [9.17, 15) is 13.6 Å². The number of rotatable bonds is 5. The van der Waals surface area contributed by atoms with Crippen molar-refractivity contribution < 1.29 is 23.0 Å². The lowest BCUT2D eigenvalue weighted by molar-refractivity contribution is 0.187. The molecule has 0 bridgehead atoms. The highest BCUT2D eigenvalue weighted by molar-refractivity contribution is 5.85. The van der Waals surface area contributed by atoms with Crippen LogP contribution in [0.2, 0.25) is 0 Å². The lowest BCUT2D eigenvalue weighted by Crippen LogP contribution is -2.14. The molecule has 0 unspecified atom stereocenters. The predicted octanol–water partition coefficient (Wildman–Crippen LogP) is 4.59. The highest BCUT2D eigenvalue weighted by Crippen LogP contribution is 2.26. The Hall–Kier alpha value is -2.63. The van der Waals surface area contributed by atoms with E-state index in [4.69, 9.17) is 4.74 Å². The molecular weight excluding hydrogens is 316 g/mol. The molecule has 1 amide bonds. The molecule has 0 aromatic heterocycles. The minimum Gasteiger partial charge on any atom is -0.486 e. The second-order valence-corrected chi connectivity index (χ2v) is 5.23. The van der Waals surface area contributed by atoms with Crippen LogP contribution >= 0.6 is 0 Å². The van der Waals surface area contributed by atoms with E-state index in [1.54, 1.807) is 6.07 Å². The van der Waals surface area contributed by atoms with E-state index in [0.29, 0.717) is 6.42 Å². The average Bonchev–Trinajstić information content (AvgIpc) is 2.56. The number of ether oxygens (including phenoxy) is 2. The van der Waals surface area contributed by atoms with Gasteiger partial charge in [-0.3, -0.25) is 5.32 Å². The van der Waals surface area contributed by atoms with Gasteiger partial charge >= 0.3 is 6.09 Å². The molecule has 24 heavy (non-hydrogen) atoms. The maximum Gasteiger partial charge on any atom is 0.411 e. The summed E-state index contributed by atoms with van der Waals surface area (Å²) in [6, 6.07) is 7.20. The molecule has 0 radical (unpaired) electrons. The zero-order valence-electron chi connectivity index (χ0n) is 13.8. The van der Waals surface area contributed by atoms with Gasteiger partial charge in [0.1, 0.15) is 12.4 Å². The first-order valence-corrected chi connectivity index (χ1v) is 7.50. The first-order chi connectivity index (χ1) is 11.5. The van der Waals surface area contributed by atoms with Crippen LogP contribution < -0.4 is 10.1 Å². The van der Waals surface area contributed by atoms with Gasteiger partial charge in [0.25, 0.3) is 0 Å². The van der Waals surface area contributed by atoms with Gasteiger partial charge in [0, 0.05) is 5.56 Å². The highest BCUT2D eigenvalue weighted by atomic mass is 19.1. The predicted molar refractivity (Wildman–Crippen MR) is 87.3 cm³/mol. The Morgan fingerprint density at radius 1 is 1.21 bits per heavy atom. The number of hydrogen-bond acceptors (Lipinski definition) is 3. The molecule has 2 aromatic carbocycles. The van der Waals surface area contributed by atoms with Crippen molar-refractivity contribution in [3.63, 3.8) is 0 Å². The van der Waals surface area contributed by atoms with Crippen molar-refractivity contribution in [3.8, 4) is 5.75 Å². The summed E-state index contributed by atoms with van der Waals surface area (Å²) in [6.45, 7) is 3.57. The summed E-state index contributed by atoms with van der Waals surface area (Å²) in [4.78, 5) is 11.3. The second kappa shape index (κ2) is 7.77. The Bertz CT molecular complexity index is 747. The number of aryl methyl sites for hydroxylation is 2. The van der Waals surface area contributed by atoms with Crippen LogP contribution in [0.5, 0.6) is 5.75 Å². The zero-order chi connectivity index (χ0) is 17.7. The van der Waals surface area contributed by atoms with E-state index in [2.05, 4.69) is 10.1 Å². The van der Waals surface area contributed by atoms with Crippen molar-refractivity contribution in [1.82, 2.24) is 0 Å². The third-order valence-corrected chi connectivity index (χ3v) is 3.68. The van der Waals surface area contributed by atoms with E-state index in [1.807, 2.05) is 13.8 Å². The normalized spacial score (nSPS) is 10.4. The summed E-state index contributed by atoms with van der Waals surface area (Å²) in [6.07, 6.45) is -0.0139. The van der Waals surface area contributed by atoms with Crippen LogP contribution in [0.1, 0.15) is 23.6 Å². The number of carbonyl (C=O) groups excluding carboxylic acids is 1. The maximum atomic E-state index is 14.1. The Morgan fingerprint density at radius 3 is 2.62 bits per heavy atom. The molecule has 0 aliphatic carbocycles. The van der Waals surface area contributed by atoms with Crippen LogP contribution in [0.15, 0.2) is 30.3 Å². The van der Waals surface area contributed by atoms with Crippen molar-refractivity contribution in [2.24, 2.45) is 0 Å². The number of carbonyl (C=O) groups is 1. The minimum atomic E-state index is -0.726. The van der Waals surface area contributed by atoms with Crippen molar-refractivity contribution >= 4 is 11.8 Å². The van der Waals surface area contributed by atoms with E-state index >= 15 is 0 Å². The molecule has 0 aliphatic rings. The summed E-state index contributed by atoms with van der Waals surface area (Å²) >= 11 is 0. The van der Waals surface area contributed by atoms with Gasteiger partial charge in [-0.1, -0.05) is 13.0 Å². The van der Waals surface area contributed by atoms with Gasteiger partial charge in [0.15, 0.2) is 11.6 Å². The van der Waals surface area contributed by atoms with Crippen molar-refractivity contribution in [2.45, 2.75) is 26.9 Å². The topological polar surface area (TPSA) is 47.6 Å². The number of nitrogens with one attached hydrogen (secondary N) is 1. The zero-order valence-corrected chi connectivity index (χ0v) is 13.8. The average molecular weight is 335 g/mol. The standard InChI is InChI=1S/C18H19F2NO3/c1-4-12-9-15(20)17(8-11(12)2)24-10-13-14(19)6-5-7-16(13)21-18(22)23-3/h5-9H,4,10H2,1-3H3,(H,21,22). The minimum absolute atomic E-state index is 0.0389. The van der Waals surface area contributed by atoms with Gasteiger partial charge in [-0.25, -0.2) is 13.6 Å². The summed E-state index contributed by atoms with van der Waals surface area (Å²) in [5.41, 5.74) is 2.11. The molecule has 1 N–H and O–H groups in total. The summed E-state index contributed by atoms with van der Waals surface area (Å²) in [5.74, 6) is -1.03. The molecule has 128 valence electrons. The van der Waals surface area contributed by atoms with Crippen LogP contribution in [-0.4, -0.2) is 13.2 Å². The Balaban J connectivity index is 2.23. The first-order valence-electron chi connectivity index (χ1n) is 7.50. The van der Waals surface area contributed by atoms with Gasteiger partial charge in [-0.05, 0) is 48.7 Å². The number of methoxy groups -OCH3 is 1. The smallest absolute Gasteiger partial charge is 0.411 e. The molecule has 0 atom stereocenters. The SMILES string of the molecule is CCc1cc(F)c(OCc2c(F)cccc2NC(=O)OC)cc1C. The van der Waals surface area contributed by atoms with Crippen molar-refractivity contribution in [2.75, 3.05) is 12.4 Å². The fraction of sp³-hybridized carbons (Fsp3) is 0.278. The Morgan fingerprint density at radius 2 is 1.96 bits per heavy atom. The lowest BCUT2D eigenvalue weighted by Gasteiger charge is -2.14. The van der Waals surface area contributed by atoms with Crippen LogP contribution in [0.3, 0.4) is 0 Å². The molecule has 0 heterocycles. The Kier molecular flexibility index (Phi) is 5.73. The fourth-order valence-electron chi connectivity index (χ4n) is 2.32. The maximum absolute atomic E-state index is 14.1. The van der Waals surface area contributed by atoms with Gasteiger partial charge in [0.05, 0.1) is 12.8 Å². The summed E-state index contributed by atoms with van der Waals surface area (Å²) in [7, 11) is 1.21.